The van der Waals surface area contributed by atoms with Gasteiger partial charge in [-0.15, -0.1) is 0 Å². The standard InChI is InChI=1S/C23H31NO5/c1-7-28-21(26)20-17(13-14-25)18(15(2)3)19(16-11-9-8-10-12-16)24(20)22(27)29-23(4,5)6/h8-12,14,17-20H,2,7,13H2,1,3-6H3/t17-,18+,19+,20-/m0/s1. The number of rotatable bonds is 6. The molecule has 29 heavy (non-hydrogen) atoms. The van der Waals surface area contributed by atoms with Crippen molar-refractivity contribution in [1.29, 1.82) is 0 Å². The van der Waals surface area contributed by atoms with Crippen LogP contribution in [0.2, 0.25) is 0 Å². The number of amides is 1. The SMILES string of the molecule is C=C(C)[C@@H]1[C@H](CC=O)[C@@H](C(=O)OCC)N(C(=O)OC(C)(C)C)[C@@H]1c1ccccc1. The zero-order valence-corrected chi connectivity index (χ0v) is 17.9. The average molecular weight is 402 g/mol. The molecule has 6 heteroatoms. The molecule has 1 aliphatic rings. The van der Waals surface area contributed by atoms with E-state index in [4.69, 9.17) is 9.47 Å². The van der Waals surface area contributed by atoms with Crippen molar-refractivity contribution >= 4 is 18.3 Å². The zero-order chi connectivity index (χ0) is 21.8. The van der Waals surface area contributed by atoms with E-state index in [2.05, 4.69) is 6.58 Å². The highest BCUT2D eigenvalue weighted by Crippen LogP contribution is 2.49. The second-order valence-electron chi connectivity index (χ2n) is 8.38. The highest BCUT2D eigenvalue weighted by molar-refractivity contribution is 5.84. The summed E-state index contributed by atoms with van der Waals surface area (Å²) >= 11 is 0. The van der Waals surface area contributed by atoms with Crippen LogP contribution >= 0.6 is 0 Å². The highest BCUT2D eigenvalue weighted by atomic mass is 16.6. The van der Waals surface area contributed by atoms with Crippen molar-refractivity contribution in [3.8, 4) is 0 Å². The number of carbonyl (C=O) groups excluding carboxylic acids is 3. The number of hydrogen-bond donors (Lipinski definition) is 0. The summed E-state index contributed by atoms with van der Waals surface area (Å²) in [5, 5.41) is 0. The number of carbonyl (C=O) groups is 3. The minimum atomic E-state index is -0.929. The quantitative estimate of drug-likeness (QED) is 0.403. The minimum absolute atomic E-state index is 0.115. The smallest absolute Gasteiger partial charge is 0.411 e. The van der Waals surface area contributed by atoms with Crippen LogP contribution in [-0.4, -0.2) is 41.5 Å². The summed E-state index contributed by atoms with van der Waals surface area (Å²) in [5.74, 6) is -1.26. The van der Waals surface area contributed by atoms with Crippen LogP contribution in [0, 0.1) is 11.8 Å². The van der Waals surface area contributed by atoms with E-state index in [9.17, 15) is 14.4 Å². The van der Waals surface area contributed by atoms with Gasteiger partial charge in [-0.2, -0.15) is 0 Å². The van der Waals surface area contributed by atoms with Gasteiger partial charge in [-0.1, -0.05) is 42.5 Å². The van der Waals surface area contributed by atoms with Gasteiger partial charge in [0.2, 0.25) is 0 Å². The summed E-state index contributed by atoms with van der Waals surface area (Å²) < 4.78 is 10.9. The Balaban J connectivity index is 2.66. The molecule has 1 aliphatic heterocycles. The van der Waals surface area contributed by atoms with Gasteiger partial charge in [0.05, 0.1) is 12.6 Å². The number of ether oxygens (including phenoxy) is 2. The molecule has 158 valence electrons. The molecule has 0 saturated carbocycles. The van der Waals surface area contributed by atoms with Crippen molar-refractivity contribution < 1.29 is 23.9 Å². The largest absolute Gasteiger partial charge is 0.464 e. The molecule has 1 heterocycles. The molecule has 0 aromatic heterocycles. The number of aldehydes is 1. The van der Waals surface area contributed by atoms with Crippen LogP contribution in [0.3, 0.4) is 0 Å². The lowest BCUT2D eigenvalue weighted by Gasteiger charge is -2.33. The van der Waals surface area contributed by atoms with E-state index < -0.39 is 35.7 Å². The fourth-order valence-corrected chi connectivity index (χ4v) is 4.08. The molecular weight excluding hydrogens is 370 g/mol. The maximum Gasteiger partial charge on any atom is 0.411 e. The summed E-state index contributed by atoms with van der Waals surface area (Å²) in [6.07, 6.45) is 0.293. The van der Waals surface area contributed by atoms with E-state index in [-0.39, 0.29) is 18.9 Å². The number of likely N-dealkylation sites (tertiary alicyclic amines) is 1. The predicted octanol–water partition coefficient (Wildman–Crippen LogP) is 4.31. The number of nitrogens with zero attached hydrogens (tertiary/aromatic N) is 1. The van der Waals surface area contributed by atoms with Gasteiger partial charge in [0.1, 0.15) is 17.9 Å². The molecule has 1 fully saturated rings. The highest BCUT2D eigenvalue weighted by Gasteiger charge is 2.55. The van der Waals surface area contributed by atoms with Gasteiger partial charge in [0.15, 0.2) is 0 Å². The van der Waals surface area contributed by atoms with Crippen molar-refractivity contribution in [3.05, 3.63) is 48.0 Å². The van der Waals surface area contributed by atoms with Crippen LogP contribution in [0.1, 0.15) is 52.6 Å². The van der Waals surface area contributed by atoms with E-state index in [0.717, 1.165) is 17.4 Å². The van der Waals surface area contributed by atoms with Crippen LogP contribution in [0.15, 0.2) is 42.5 Å². The van der Waals surface area contributed by atoms with Gasteiger partial charge in [0, 0.05) is 18.3 Å². The number of hydrogen-bond acceptors (Lipinski definition) is 5. The monoisotopic (exact) mass is 401 g/mol. The van der Waals surface area contributed by atoms with Crippen molar-refractivity contribution in [1.82, 2.24) is 4.90 Å². The lowest BCUT2D eigenvalue weighted by molar-refractivity contribution is -0.150. The van der Waals surface area contributed by atoms with Gasteiger partial charge < -0.3 is 14.3 Å². The molecule has 0 N–H and O–H groups in total. The van der Waals surface area contributed by atoms with Gasteiger partial charge >= 0.3 is 12.1 Å². The second-order valence-corrected chi connectivity index (χ2v) is 8.38. The lowest BCUT2D eigenvalue weighted by Crippen LogP contribution is -2.47. The van der Waals surface area contributed by atoms with Gasteiger partial charge in [-0.3, -0.25) is 4.90 Å². The average Bonchev–Trinajstić information content (AvgIpc) is 2.97. The molecule has 6 nitrogen and oxygen atoms in total. The topological polar surface area (TPSA) is 72.9 Å². The first-order valence-corrected chi connectivity index (χ1v) is 9.94. The van der Waals surface area contributed by atoms with E-state index in [0.29, 0.717) is 0 Å². The molecule has 1 amide bonds. The Hall–Kier alpha value is -2.63. The molecule has 4 atom stereocenters. The Morgan fingerprint density at radius 2 is 1.83 bits per heavy atom. The van der Waals surface area contributed by atoms with E-state index in [1.54, 1.807) is 27.7 Å². The minimum Gasteiger partial charge on any atom is -0.464 e. The summed E-state index contributed by atoms with van der Waals surface area (Å²) in [6, 6.07) is 8.05. The van der Waals surface area contributed by atoms with Crippen molar-refractivity contribution in [2.45, 2.75) is 58.7 Å². The van der Waals surface area contributed by atoms with Crippen LogP contribution < -0.4 is 0 Å². The third kappa shape index (κ3) is 5.05. The molecule has 1 aromatic rings. The van der Waals surface area contributed by atoms with Gasteiger partial charge in [-0.25, -0.2) is 9.59 Å². The first kappa shape index (κ1) is 22.7. The molecule has 0 aliphatic carbocycles. The van der Waals surface area contributed by atoms with Gasteiger partial charge in [-0.05, 0) is 40.2 Å². The maximum atomic E-state index is 13.3. The first-order chi connectivity index (χ1) is 13.6. The Morgan fingerprint density at radius 1 is 1.21 bits per heavy atom. The van der Waals surface area contributed by atoms with Crippen molar-refractivity contribution in [3.63, 3.8) is 0 Å². The molecule has 2 rings (SSSR count). The fourth-order valence-electron chi connectivity index (χ4n) is 4.08. The normalized spacial score (nSPS) is 24.1. The maximum absolute atomic E-state index is 13.3. The van der Waals surface area contributed by atoms with E-state index in [1.807, 2.05) is 37.3 Å². The number of benzene rings is 1. The lowest BCUT2D eigenvalue weighted by atomic mass is 9.79. The van der Waals surface area contributed by atoms with Crippen LogP contribution in [0.4, 0.5) is 4.79 Å². The Morgan fingerprint density at radius 3 is 2.31 bits per heavy atom. The molecular formula is C23H31NO5. The zero-order valence-electron chi connectivity index (χ0n) is 17.9. The van der Waals surface area contributed by atoms with E-state index >= 15 is 0 Å². The molecule has 0 radical (unpaired) electrons. The summed E-state index contributed by atoms with van der Waals surface area (Å²) in [6.45, 7) is 13.2. The molecule has 1 saturated heterocycles. The van der Waals surface area contributed by atoms with Crippen LogP contribution in [0.5, 0.6) is 0 Å². The molecule has 0 spiro atoms. The Labute approximate surface area is 172 Å². The molecule has 0 unspecified atom stereocenters. The van der Waals surface area contributed by atoms with Crippen molar-refractivity contribution in [2.24, 2.45) is 11.8 Å². The Kier molecular flexibility index (Phi) is 7.22. The second kappa shape index (κ2) is 9.25. The first-order valence-electron chi connectivity index (χ1n) is 9.94. The van der Waals surface area contributed by atoms with Crippen LogP contribution in [0.25, 0.3) is 0 Å². The Bertz CT molecular complexity index is 752. The van der Waals surface area contributed by atoms with Gasteiger partial charge in [0.25, 0.3) is 0 Å². The third-order valence-corrected chi connectivity index (χ3v) is 5.02. The summed E-state index contributed by atoms with van der Waals surface area (Å²) in [7, 11) is 0. The van der Waals surface area contributed by atoms with Crippen LogP contribution in [-0.2, 0) is 19.1 Å². The molecule has 0 bridgehead atoms. The molecule has 1 aromatic carbocycles. The third-order valence-electron chi connectivity index (χ3n) is 5.02. The summed E-state index contributed by atoms with van der Waals surface area (Å²) in [4.78, 5) is 39.1. The fraction of sp³-hybridized carbons (Fsp3) is 0.522. The predicted molar refractivity (Wildman–Crippen MR) is 110 cm³/mol. The number of esters is 1. The van der Waals surface area contributed by atoms with Crippen molar-refractivity contribution in [2.75, 3.05) is 6.61 Å². The van der Waals surface area contributed by atoms with E-state index in [1.165, 1.54) is 4.90 Å². The summed E-state index contributed by atoms with van der Waals surface area (Å²) in [5.41, 5.74) is 0.916.